The van der Waals surface area contributed by atoms with Crippen LogP contribution in [0.5, 0.6) is 0 Å². The number of benzene rings is 1. The summed E-state index contributed by atoms with van der Waals surface area (Å²) < 4.78 is 5.28. The van der Waals surface area contributed by atoms with Crippen LogP contribution in [-0.2, 0) is 20.9 Å². The third-order valence-corrected chi connectivity index (χ3v) is 2.63. The van der Waals surface area contributed by atoms with Gasteiger partial charge in [-0.05, 0) is 11.5 Å². The van der Waals surface area contributed by atoms with E-state index in [0.29, 0.717) is 6.61 Å². The van der Waals surface area contributed by atoms with Crippen molar-refractivity contribution in [3.05, 3.63) is 35.9 Å². The van der Waals surface area contributed by atoms with Gasteiger partial charge in [0.15, 0.2) is 0 Å². The van der Waals surface area contributed by atoms with E-state index < -0.39 is 11.9 Å². The van der Waals surface area contributed by atoms with E-state index in [4.69, 9.17) is 10.5 Å². The first-order valence-corrected chi connectivity index (χ1v) is 6.21. The van der Waals surface area contributed by atoms with Crippen LogP contribution in [0.3, 0.4) is 0 Å². The van der Waals surface area contributed by atoms with E-state index in [9.17, 15) is 9.59 Å². The van der Waals surface area contributed by atoms with Gasteiger partial charge >= 0.3 is 0 Å². The zero-order chi connectivity index (χ0) is 14.3. The molecule has 5 heteroatoms. The van der Waals surface area contributed by atoms with Crippen molar-refractivity contribution in [1.82, 2.24) is 5.32 Å². The zero-order valence-electron chi connectivity index (χ0n) is 11.3. The van der Waals surface area contributed by atoms with Crippen molar-refractivity contribution in [3.8, 4) is 0 Å². The highest BCUT2D eigenvalue weighted by atomic mass is 16.5. The van der Waals surface area contributed by atoms with Crippen molar-refractivity contribution < 1.29 is 14.3 Å². The number of amides is 2. The fourth-order valence-electron chi connectivity index (χ4n) is 1.62. The highest BCUT2D eigenvalue weighted by molar-refractivity contribution is 5.87. The number of nitrogens with two attached hydrogens (primary N) is 1. The Bertz CT molecular complexity index is 418. The molecule has 0 saturated heterocycles. The standard InChI is InChI=1S/C14H20N2O3/c1-10(2)13(14(15)18)16-12(17)9-19-8-11-6-4-3-5-7-11/h3-7,10,13H,8-9H2,1-2H3,(H2,15,18)(H,16,17)/t13-/m0/s1. The zero-order valence-corrected chi connectivity index (χ0v) is 11.3. The number of nitrogens with one attached hydrogen (secondary N) is 1. The van der Waals surface area contributed by atoms with Gasteiger partial charge in [0.05, 0.1) is 6.61 Å². The Labute approximate surface area is 113 Å². The van der Waals surface area contributed by atoms with Gasteiger partial charge in [0.2, 0.25) is 11.8 Å². The Morgan fingerprint density at radius 2 is 1.89 bits per heavy atom. The van der Waals surface area contributed by atoms with Gasteiger partial charge in [0.1, 0.15) is 12.6 Å². The van der Waals surface area contributed by atoms with Gasteiger partial charge in [-0.2, -0.15) is 0 Å². The van der Waals surface area contributed by atoms with Crippen molar-refractivity contribution >= 4 is 11.8 Å². The second-order valence-electron chi connectivity index (χ2n) is 4.67. The fraction of sp³-hybridized carbons (Fsp3) is 0.429. The molecule has 0 aliphatic rings. The largest absolute Gasteiger partial charge is 0.368 e. The van der Waals surface area contributed by atoms with E-state index in [1.165, 1.54) is 0 Å². The predicted octanol–water partition coefficient (Wildman–Crippen LogP) is 0.829. The SMILES string of the molecule is CC(C)[C@H](NC(=O)COCc1ccccc1)C(N)=O. The van der Waals surface area contributed by atoms with Gasteiger partial charge in [-0.1, -0.05) is 44.2 Å². The molecule has 0 spiro atoms. The molecular weight excluding hydrogens is 244 g/mol. The molecule has 104 valence electrons. The molecule has 1 atom stereocenters. The van der Waals surface area contributed by atoms with Crippen molar-refractivity contribution in [3.63, 3.8) is 0 Å². The van der Waals surface area contributed by atoms with Gasteiger partial charge in [0.25, 0.3) is 0 Å². The molecule has 0 heterocycles. The monoisotopic (exact) mass is 264 g/mol. The molecule has 19 heavy (non-hydrogen) atoms. The van der Waals surface area contributed by atoms with Crippen LogP contribution in [0.15, 0.2) is 30.3 Å². The third-order valence-electron chi connectivity index (χ3n) is 2.63. The van der Waals surface area contributed by atoms with Gasteiger partial charge in [-0.15, -0.1) is 0 Å². The minimum atomic E-state index is -0.659. The van der Waals surface area contributed by atoms with Crippen molar-refractivity contribution in [1.29, 1.82) is 0 Å². The molecule has 3 N–H and O–H groups in total. The summed E-state index contributed by atoms with van der Waals surface area (Å²) in [6.45, 7) is 3.91. The van der Waals surface area contributed by atoms with Crippen LogP contribution < -0.4 is 11.1 Å². The average Bonchev–Trinajstić information content (AvgIpc) is 2.36. The van der Waals surface area contributed by atoms with E-state index in [1.54, 1.807) is 0 Å². The minimum Gasteiger partial charge on any atom is -0.368 e. The lowest BCUT2D eigenvalue weighted by Crippen LogP contribution is -2.48. The molecule has 1 rings (SSSR count). The maximum Gasteiger partial charge on any atom is 0.246 e. The Hall–Kier alpha value is -1.88. The number of carbonyl (C=O) groups excluding carboxylic acids is 2. The van der Waals surface area contributed by atoms with E-state index in [2.05, 4.69) is 5.32 Å². The second kappa shape index (κ2) is 7.53. The summed E-state index contributed by atoms with van der Waals surface area (Å²) in [6.07, 6.45) is 0. The summed E-state index contributed by atoms with van der Waals surface area (Å²) >= 11 is 0. The highest BCUT2D eigenvalue weighted by Gasteiger charge is 2.21. The molecular formula is C14H20N2O3. The molecule has 0 fully saturated rings. The quantitative estimate of drug-likeness (QED) is 0.765. The lowest BCUT2D eigenvalue weighted by molar-refractivity contribution is -0.131. The smallest absolute Gasteiger partial charge is 0.246 e. The first-order valence-electron chi connectivity index (χ1n) is 6.21. The van der Waals surface area contributed by atoms with Gasteiger partial charge in [0, 0.05) is 0 Å². The molecule has 1 aromatic carbocycles. The third kappa shape index (κ3) is 5.52. The van der Waals surface area contributed by atoms with E-state index >= 15 is 0 Å². The fourth-order valence-corrected chi connectivity index (χ4v) is 1.62. The van der Waals surface area contributed by atoms with Crippen LogP contribution in [0.2, 0.25) is 0 Å². The number of ether oxygens (including phenoxy) is 1. The molecule has 5 nitrogen and oxygen atoms in total. The summed E-state index contributed by atoms with van der Waals surface area (Å²) in [5.74, 6) is -0.921. The van der Waals surface area contributed by atoms with Crippen molar-refractivity contribution in [2.45, 2.75) is 26.5 Å². The average molecular weight is 264 g/mol. The first-order chi connectivity index (χ1) is 9.00. The number of carbonyl (C=O) groups is 2. The van der Waals surface area contributed by atoms with Crippen molar-refractivity contribution in [2.75, 3.05) is 6.61 Å². The first kappa shape index (κ1) is 15.2. The van der Waals surface area contributed by atoms with E-state index in [0.717, 1.165) is 5.56 Å². The van der Waals surface area contributed by atoms with Crippen LogP contribution in [-0.4, -0.2) is 24.5 Å². The van der Waals surface area contributed by atoms with Crippen molar-refractivity contribution in [2.24, 2.45) is 11.7 Å². The molecule has 0 aromatic heterocycles. The predicted molar refractivity (Wildman–Crippen MR) is 72.1 cm³/mol. The summed E-state index contributed by atoms with van der Waals surface area (Å²) in [4.78, 5) is 22.7. The van der Waals surface area contributed by atoms with E-state index in [1.807, 2.05) is 44.2 Å². The Morgan fingerprint density at radius 3 is 2.42 bits per heavy atom. The number of hydrogen-bond acceptors (Lipinski definition) is 3. The normalized spacial score (nSPS) is 12.2. The molecule has 0 saturated carbocycles. The van der Waals surface area contributed by atoms with Crippen LogP contribution >= 0.6 is 0 Å². The van der Waals surface area contributed by atoms with Gasteiger partial charge in [-0.3, -0.25) is 9.59 Å². The summed E-state index contributed by atoms with van der Waals surface area (Å²) in [5.41, 5.74) is 6.20. The summed E-state index contributed by atoms with van der Waals surface area (Å²) in [5, 5.41) is 2.56. The maximum atomic E-state index is 11.6. The number of primary amides is 1. The molecule has 0 aliphatic heterocycles. The second-order valence-corrected chi connectivity index (χ2v) is 4.67. The van der Waals surface area contributed by atoms with E-state index in [-0.39, 0.29) is 18.4 Å². The van der Waals surface area contributed by atoms with Crippen LogP contribution in [0.1, 0.15) is 19.4 Å². The molecule has 2 amide bonds. The van der Waals surface area contributed by atoms with Crippen LogP contribution in [0.4, 0.5) is 0 Å². The number of hydrogen-bond donors (Lipinski definition) is 2. The minimum absolute atomic E-state index is 0.0458. The Balaban J connectivity index is 2.33. The van der Waals surface area contributed by atoms with Crippen LogP contribution in [0.25, 0.3) is 0 Å². The summed E-state index contributed by atoms with van der Waals surface area (Å²) in [6, 6.07) is 8.89. The van der Waals surface area contributed by atoms with Crippen LogP contribution in [0, 0.1) is 5.92 Å². The molecule has 0 bridgehead atoms. The topological polar surface area (TPSA) is 81.4 Å². The molecule has 0 radical (unpaired) electrons. The Morgan fingerprint density at radius 1 is 1.26 bits per heavy atom. The summed E-state index contributed by atoms with van der Waals surface area (Å²) in [7, 11) is 0. The molecule has 1 aromatic rings. The lowest BCUT2D eigenvalue weighted by Gasteiger charge is -2.18. The highest BCUT2D eigenvalue weighted by Crippen LogP contribution is 2.02. The lowest BCUT2D eigenvalue weighted by atomic mass is 10.0. The van der Waals surface area contributed by atoms with Gasteiger partial charge in [-0.25, -0.2) is 0 Å². The van der Waals surface area contributed by atoms with Gasteiger partial charge < -0.3 is 15.8 Å². The molecule has 0 aliphatic carbocycles. The number of rotatable bonds is 7. The molecule has 0 unspecified atom stereocenters. The Kier molecular flexibility index (Phi) is 6.02. The maximum absolute atomic E-state index is 11.6.